The van der Waals surface area contributed by atoms with Gasteiger partial charge >= 0.3 is 0 Å². The standard InChI is InChI=1S/C25H23N5O3S/c1-2-29-23(21-8-5-15-33-21)27-28-25(29)34-16-22(31)26-19-11-9-18(10-12-19)24(32)30-14-13-17-6-3-4-7-20(17)30/h3-12,15H,2,13-14,16H2,1H3,(H,26,31). The van der Waals surface area contributed by atoms with Crippen LogP contribution in [0.5, 0.6) is 0 Å². The Morgan fingerprint density at radius 2 is 1.88 bits per heavy atom. The molecule has 1 aliphatic rings. The number of aromatic nitrogens is 3. The number of fused-ring (bicyclic) bond motifs is 1. The molecule has 0 radical (unpaired) electrons. The molecular formula is C25H23N5O3S. The van der Waals surface area contributed by atoms with E-state index in [1.54, 1.807) is 41.5 Å². The second kappa shape index (κ2) is 9.56. The van der Waals surface area contributed by atoms with E-state index >= 15 is 0 Å². The van der Waals surface area contributed by atoms with Crippen molar-refractivity contribution < 1.29 is 14.0 Å². The molecule has 0 bridgehead atoms. The summed E-state index contributed by atoms with van der Waals surface area (Å²) in [5.74, 6) is 1.25. The monoisotopic (exact) mass is 473 g/mol. The van der Waals surface area contributed by atoms with Crippen molar-refractivity contribution in [2.45, 2.75) is 25.0 Å². The first-order valence-electron chi connectivity index (χ1n) is 11.0. The minimum atomic E-state index is -0.164. The van der Waals surface area contributed by atoms with Crippen molar-refractivity contribution >= 4 is 35.0 Å². The van der Waals surface area contributed by atoms with Gasteiger partial charge in [0.2, 0.25) is 5.91 Å². The molecule has 8 nitrogen and oxygen atoms in total. The molecule has 0 aliphatic carbocycles. The zero-order chi connectivity index (χ0) is 23.5. The smallest absolute Gasteiger partial charge is 0.258 e. The third kappa shape index (κ3) is 4.34. The first kappa shape index (κ1) is 22.0. The molecule has 0 spiro atoms. The first-order valence-corrected chi connectivity index (χ1v) is 12.0. The zero-order valence-electron chi connectivity index (χ0n) is 18.6. The van der Waals surface area contributed by atoms with Gasteiger partial charge in [-0.05, 0) is 61.4 Å². The van der Waals surface area contributed by atoms with Gasteiger partial charge in [-0.15, -0.1) is 10.2 Å². The number of anilines is 2. The number of hydrogen-bond donors (Lipinski definition) is 1. The van der Waals surface area contributed by atoms with Crippen LogP contribution in [0.3, 0.4) is 0 Å². The lowest BCUT2D eigenvalue weighted by Crippen LogP contribution is -2.28. The zero-order valence-corrected chi connectivity index (χ0v) is 19.4. The molecule has 1 N–H and O–H groups in total. The average Bonchev–Trinajstić information content (AvgIpc) is 3.62. The maximum atomic E-state index is 13.0. The van der Waals surface area contributed by atoms with Gasteiger partial charge in [0, 0.05) is 30.0 Å². The Balaban J connectivity index is 1.19. The van der Waals surface area contributed by atoms with Crippen molar-refractivity contribution in [1.29, 1.82) is 0 Å². The predicted octanol–water partition coefficient (Wildman–Crippen LogP) is 4.49. The molecule has 0 saturated carbocycles. The van der Waals surface area contributed by atoms with Crippen molar-refractivity contribution in [3.05, 3.63) is 78.1 Å². The van der Waals surface area contributed by atoms with E-state index < -0.39 is 0 Å². The number of nitrogens with zero attached hydrogens (tertiary/aromatic N) is 4. The molecule has 2 amide bonds. The number of amides is 2. The quantitative estimate of drug-likeness (QED) is 0.398. The molecule has 2 aromatic carbocycles. The number of carbonyl (C=O) groups is 2. The highest BCUT2D eigenvalue weighted by atomic mass is 32.2. The summed E-state index contributed by atoms with van der Waals surface area (Å²) in [5.41, 5.74) is 3.38. The summed E-state index contributed by atoms with van der Waals surface area (Å²) in [6, 6.07) is 18.6. The second-order valence-electron chi connectivity index (χ2n) is 7.78. The minimum absolute atomic E-state index is 0.0374. The Kier molecular flexibility index (Phi) is 6.18. The molecule has 2 aromatic heterocycles. The summed E-state index contributed by atoms with van der Waals surface area (Å²) in [6.45, 7) is 3.32. The SMILES string of the molecule is CCn1c(SCC(=O)Nc2ccc(C(=O)N3CCc4ccccc43)cc2)nnc1-c1ccco1. The number of furan rings is 1. The van der Waals surface area contributed by atoms with E-state index in [9.17, 15) is 9.59 Å². The largest absolute Gasteiger partial charge is 0.461 e. The van der Waals surface area contributed by atoms with Crippen LogP contribution >= 0.6 is 11.8 Å². The Hall–Kier alpha value is -3.85. The van der Waals surface area contributed by atoms with Crippen LogP contribution < -0.4 is 10.2 Å². The van der Waals surface area contributed by atoms with Crippen LogP contribution in [0.4, 0.5) is 11.4 Å². The van der Waals surface area contributed by atoms with Gasteiger partial charge in [0.1, 0.15) is 0 Å². The van der Waals surface area contributed by atoms with E-state index in [4.69, 9.17) is 4.42 Å². The molecule has 5 rings (SSSR count). The maximum absolute atomic E-state index is 13.0. The van der Waals surface area contributed by atoms with Crippen LogP contribution in [0.2, 0.25) is 0 Å². The van der Waals surface area contributed by atoms with Crippen LogP contribution in [0.1, 0.15) is 22.8 Å². The van der Waals surface area contributed by atoms with Gasteiger partial charge in [0.15, 0.2) is 16.7 Å². The van der Waals surface area contributed by atoms with Crippen LogP contribution in [-0.4, -0.2) is 38.9 Å². The minimum Gasteiger partial charge on any atom is -0.461 e. The van der Waals surface area contributed by atoms with Gasteiger partial charge in [0.25, 0.3) is 5.91 Å². The van der Waals surface area contributed by atoms with Crippen LogP contribution in [0, 0.1) is 0 Å². The van der Waals surface area contributed by atoms with Gasteiger partial charge in [-0.1, -0.05) is 30.0 Å². The number of benzene rings is 2. The summed E-state index contributed by atoms with van der Waals surface area (Å²) in [4.78, 5) is 27.3. The molecule has 3 heterocycles. The number of thioether (sulfide) groups is 1. The number of hydrogen-bond acceptors (Lipinski definition) is 6. The molecule has 1 aliphatic heterocycles. The Labute approximate surface area is 201 Å². The van der Waals surface area contributed by atoms with Gasteiger partial charge in [-0.2, -0.15) is 0 Å². The second-order valence-corrected chi connectivity index (χ2v) is 8.72. The molecule has 0 atom stereocenters. The fraction of sp³-hybridized carbons (Fsp3) is 0.200. The van der Waals surface area contributed by atoms with Gasteiger partial charge in [-0.25, -0.2) is 0 Å². The average molecular weight is 474 g/mol. The van der Waals surface area contributed by atoms with Gasteiger partial charge in [0.05, 0.1) is 12.0 Å². The molecule has 0 saturated heterocycles. The number of nitrogens with one attached hydrogen (secondary N) is 1. The fourth-order valence-electron chi connectivity index (χ4n) is 4.00. The predicted molar refractivity (Wildman–Crippen MR) is 131 cm³/mol. The number of para-hydroxylation sites is 1. The first-order chi connectivity index (χ1) is 16.6. The molecule has 0 unspecified atom stereocenters. The van der Waals surface area contributed by atoms with E-state index in [2.05, 4.69) is 21.6 Å². The fourth-order valence-corrected chi connectivity index (χ4v) is 4.80. The molecule has 4 aromatic rings. The maximum Gasteiger partial charge on any atom is 0.258 e. The lowest BCUT2D eigenvalue weighted by atomic mass is 10.1. The topological polar surface area (TPSA) is 93.3 Å². The highest BCUT2D eigenvalue weighted by molar-refractivity contribution is 7.99. The Morgan fingerprint density at radius 3 is 2.65 bits per heavy atom. The van der Waals surface area contributed by atoms with E-state index in [1.807, 2.05) is 35.8 Å². The summed E-state index contributed by atoms with van der Waals surface area (Å²) in [6.07, 6.45) is 2.45. The summed E-state index contributed by atoms with van der Waals surface area (Å²) < 4.78 is 7.33. The van der Waals surface area contributed by atoms with Crippen LogP contribution in [-0.2, 0) is 17.8 Å². The number of carbonyl (C=O) groups excluding carboxylic acids is 2. The van der Waals surface area contributed by atoms with E-state index in [-0.39, 0.29) is 17.6 Å². The Morgan fingerprint density at radius 1 is 1.06 bits per heavy atom. The molecule has 172 valence electrons. The van der Waals surface area contributed by atoms with E-state index in [0.717, 1.165) is 12.1 Å². The lowest BCUT2D eigenvalue weighted by Gasteiger charge is -2.17. The Bertz CT molecular complexity index is 1310. The van der Waals surface area contributed by atoms with Crippen molar-refractivity contribution in [3.63, 3.8) is 0 Å². The van der Waals surface area contributed by atoms with Crippen molar-refractivity contribution in [2.24, 2.45) is 0 Å². The summed E-state index contributed by atoms with van der Waals surface area (Å²) in [7, 11) is 0. The van der Waals surface area contributed by atoms with Gasteiger partial charge < -0.3 is 14.6 Å². The third-order valence-corrected chi connectivity index (χ3v) is 6.62. The molecular weight excluding hydrogens is 450 g/mol. The van der Waals surface area contributed by atoms with Crippen molar-refractivity contribution in [1.82, 2.24) is 14.8 Å². The molecule has 0 fully saturated rings. The molecule has 34 heavy (non-hydrogen) atoms. The van der Waals surface area contributed by atoms with Crippen LogP contribution in [0.25, 0.3) is 11.6 Å². The highest BCUT2D eigenvalue weighted by Gasteiger charge is 2.25. The van der Waals surface area contributed by atoms with Crippen molar-refractivity contribution in [3.8, 4) is 11.6 Å². The molecule has 9 heteroatoms. The summed E-state index contributed by atoms with van der Waals surface area (Å²) >= 11 is 1.31. The van der Waals surface area contributed by atoms with Crippen LogP contribution in [0.15, 0.2) is 76.5 Å². The van der Waals surface area contributed by atoms with Crippen molar-refractivity contribution in [2.75, 3.05) is 22.5 Å². The van der Waals surface area contributed by atoms with E-state index in [0.29, 0.717) is 41.1 Å². The number of rotatable bonds is 7. The third-order valence-electron chi connectivity index (χ3n) is 5.65. The lowest BCUT2D eigenvalue weighted by molar-refractivity contribution is -0.113. The van der Waals surface area contributed by atoms with E-state index in [1.165, 1.54) is 17.3 Å². The normalized spacial score (nSPS) is 12.6. The summed E-state index contributed by atoms with van der Waals surface area (Å²) in [5, 5.41) is 11.9. The highest BCUT2D eigenvalue weighted by Crippen LogP contribution is 2.29. The van der Waals surface area contributed by atoms with Gasteiger partial charge in [-0.3, -0.25) is 14.2 Å².